The van der Waals surface area contributed by atoms with E-state index in [1.54, 1.807) is 6.08 Å². The van der Waals surface area contributed by atoms with Crippen LogP contribution in [0, 0.1) is 0 Å². The third-order valence-electron chi connectivity index (χ3n) is 5.17. The van der Waals surface area contributed by atoms with Crippen LogP contribution in [0.2, 0.25) is 0 Å². The average molecular weight is 367 g/mol. The van der Waals surface area contributed by atoms with Crippen molar-refractivity contribution < 1.29 is 4.39 Å². The van der Waals surface area contributed by atoms with Gasteiger partial charge in [-0.05, 0) is 25.1 Å². The number of amidine groups is 1. The van der Waals surface area contributed by atoms with Crippen LogP contribution < -0.4 is 10.2 Å². The fraction of sp³-hybridized carbons (Fsp3) is 0.381. The van der Waals surface area contributed by atoms with Gasteiger partial charge in [-0.15, -0.1) is 0 Å². The maximum absolute atomic E-state index is 14.9. The maximum Gasteiger partial charge on any atom is 0.169 e. The molecule has 5 nitrogen and oxygen atoms in total. The minimum atomic E-state index is -0.269. The Bertz CT molecular complexity index is 835. The quantitative estimate of drug-likeness (QED) is 0.891. The SMILES string of the molecule is C[C@@H]1CN(C2=CN3CC=C(c4ccc(N(C)C)cc4)N=C3C(F)=C2)CCN1. The minimum absolute atomic E-state index is 0.269. The molecular formula is C21H26FN5. The molecule has 0 spiro atoms. The van der Waals surface area contributed by atoms with E-state index in [4.69, 9.17) is 0 Å². The van der Waals surface area contributed by atoms with Crippen LogP contribution in [0.1, 0.15) is 12.5 Å². The second-order valence-electron chi connectivity index (χ2n) is 7.47. The smallest absolute Gasteiger partial charge is 0.169 e. The fourth-order valence-electron chi connectivity index (χ4n) is 3.64. The third-order valence-corrected chi connectivity index (χ3v) is 5.17. The summed E-state index contributed by atoms with van der Waals surface area (Å²) in [5.41, 5.74) is 3.88. The zero-order valence-electron chi connectivity index (χ0n) is 16.1. The van der Waals surface area contributed by atoms with Gasteiger partial charge in [0.15, 0.2) is 11.7 Å². The summed E-state index contributed by atoms with van der Waals surface area (Å²) in [6.07, 6.45) is 5.69. The topological polar surface area (TPSA) is 34.1 Å². The molecule has 0 bridgehead atoms. The van der Waals surface area contributed by atoms with E-state index in [1.165, 1.54) is 0 Å². The van der Waals surface area contributed by atoms with Gasteiger partial charge in [0.25, 0.3) is 0 Å². The van der Waals surface area contributed by atoms with E-state index in [2.05, 4.69) is 45.2 Å². The fourth-order valence-corrected chi connectivity index (χ4v) is 3.64. The molecule has 0 radical (unpaired) electrons. The van der Waals surface area contributed by atoms with Crippen molar-refractivity contribution in [1.29, 1.82) is 0 Å². The molecule has 0 aromatic heterocycles. The Morgan fingerprint density at radius 2 is 2.00 bits per heavy atom. The Balaban J connectivity index is 1.55. The summed E-state index contributed by atoms with van der Waals surface area (Å²) >= 11 is 0. The van der Waals surface area contributed by atoms with Crippen molar-refractivity contribution in [1.82, 2.24) is 15.1 Å². The number of nitrogens with one attached hydrogen (secondary N) is 1. The molecule has 0 unspecified atom stereocenters. The number of anilines is 1. The Hall–Kier alpha value is -2.60. The van der Waals surface area contributed by atoms with E-state index in [1.807, 2.05) is 37.3 Å². The summed E-state index contributed by atoms with van der Waals surface area (Å²) in [6, 6.07) is 8.59. The molecule has 3 aliphatic rings. The third kappa shape index (κ3) is 3.62. The molecule has 142 valence electrons. The van der Waals surface area contributed by atoms with Gasteiger partial charge in [-0.2, -0.15) is 0 Å². The Morgan fingerprint density at radius 3 is 2.70 bits per heavy atom. The highest BCUT2D eigenvalue weighted by atomic mass is 19.1. The normalized spacial score (nSPS) is 22.4. The van der Waals surface area contributed by atoms with Gasteiger partial charge < -0.3 is 20.0 Å². The molecule has 4 rings (SSSR count). The van der Waals surface area contributed by atoms with Gasteiger partial charge in [-0.25, -0.2) is 9.38 Å². The molecule has 1 saturated heterocycles. The maximum atomic E-state index is 14.9. The van der Waals surface area contributed by atoms with Crippen molar-refractivity contribution in [2.24, 2.45) is 4.99 Å². The van der Waals surface area contributed by atoms with E-state index < -0.39 is 0 Å². The largest absolute Gasteiger partial charge is 0.378 e. The number of benzene rings is 1. The van der Waals surface area contributed by atoms with Crippen LogP contribution in [0.3, 0.4) is 0 Å². The highest BCUT2D eigenvalue weighted by Crippen LogP contribution is 2.28. The molecular weight excluding hydrogens is 341 g/mol. The van der Waals surface area contributed by atoms with Crippen LogP contribution in [0.25, 0.3) is 5.70 Å². The molecule has 3 aliphatic heterocycles. The number of allylic oxidation sites excluding steroid dienone is 1. The summed E-state index contributed by atoms with van der Waals surface area (Å²) < 4.78 is 14.9. The highest BCUT2D eigenvalue weighted by molar-refractivity contribution is 6.02. The molecule has 0 saturated carbocycles. The lowest BCUT2D eigenvalue weighted by molar-refractivity contribution is 0.257. The molecule has 3 heterocycles. The van der Waals surface area contributed by atoms with Crippen molar-refractivity contribution in [3.63, 3.8) is 0 Å². The van der Waals surface area contributed by atoms with Gasteiger partial charge in [0.2, 0.25) is 0 Å². The standard InChI is InChI=1S/C21H26FN5/c1-15-13-26(11-9-23-15)18-12-19(22)21-24-20(8-10-27(21)14-18)16-4-6-17(7-5-16)25(2)3/h4-8,12,14-15,23H,9-11,13H2,1-3H3/t15-/m1/s1. The van der Waals surface area contributed by atoms with E-state index in [0.29, 0.717) is 18.4 Å². The zero-order chi connectivity index (χ0) is 19.0. The second-order valence-corrected chi connectivity index (χ2v) is 7.47. The molecule has 1 fully saturated rings. The number of aliphatic imine (C=N–C) groups is 1. The Labute approximate surface area is 160 Å². The van der Waals surface area contributed by atoms with Gasteiger partial charge in [-0.3, -0.25) is 0 Å². The Morgan fingerprint density at radius 1 is 1.22 bits per heavy atom. The summed E-state index contributed by atoms with van der Waals surface area (Å²) in [5, 5.41) is 3.42. The van der Waals surface area contributed by atoms with Crippen molar-refractivity contribution >= 4 is 17.2 Å². The van der Waals surface area contributed by atoms with Gasteiger partial charge in [0, 0.05) is 69.8 Å². The van der Waals surface area contributed by atoms with E-state index >= 15 is 0 Å². The number of nitrogens with zero attached hydrogens (tertiary/aromatic N) is 4. The lowest BCUT2D eigenvalue weighted by Gasteiger charge is -2.37. The van der Waals surface area contributed by atoms with Gasteiger partial charge in [0.05, 0.1) is 11.4 Å². The molecule has 1 aromatic rings. The summed E-state index contributed by atoms with van der Waals surface area (Å²) in [7, 11) is 4.02. The van der Waals surface area contributed by atoms with Crippen molar-refractivity contribution in [2.45, 2.75) is 13.0 Å². The first-order valence-electron chi connectivity index (χ1n) is 9.42. The summed E-state index contributed by atoms with van der Waals surface area (Å²) in [6.45, 7) is 5.47. The number of halogens is 1. The molecule has 0 aliphatic carbocycles. The first kappa shape index (κ1) is 17.8. The van der Waals surface area contributed by atoms with Crippen molar-refractivity contribution in [2.75, 3.05) is 45.2 Å². The highest BCUT2D eigenvalue weighted by Gasteiger charge is 2.27. The van der Waals surface area contributed by atoms with Crippen LogP contribution in [0.4, 0.5) is 10.1 Å². The number of piperazine rings is 1. The Kier molecular flexibility index (Phi) is 4.74. The van der Waals surface area contributed by atoms with Gasteiger partial charge >= 0.3 is 0 Å². The molecule has 1 N–H and O–H groups in total. The summed E-state index contributed by atoms with van der Waals surface area (Å²) in [5.74, 6) is 0.130. The number of fused-ring (bicyclic) bond motifs is 1. The first-order chi connectivity index (χ1) is 13.0. The van der Waals surface area contributed by atoms with Crippen molar-refractivity contribution in [3.05, 3.63) is 59.7 Å². The monoisotopic (exact) mass is 367 g/mol. The minimum Gasteiger partial charge on any atom is -0.378 e. The zero-order valence-corrected chi connectivity index (χ0v) is 16.1. The van der Waals surface area contributed by atoms with E-state index in [9.17, 15) is 4.39 Å². The second kappa shape index (κ2) is 7.19. The molecule has 6 heteroatoms. The predicted octanol–water partition coefficient (Wildman–Crippen LogP) is 2.81. The van der Waals surface area contributed by atoms with Crippen LogP contribution in [-0.4, -0.2) is 62.0 Å². The van der Waals surface area contributed by atoms with Crippen LogP contribution in [-0.2, 0) is 0 Å². The lowest BCUT2D eigenvalue weighted by atomic mass is 10.1. The number of hydrogen-bond acceptors (Lipinski definition) is 5. The average Bonchev–Trinajstić information content (AvgIpc) is 2.68. The van der Waals surface area contributed by atoms with E-state index in [-0.39, 0.29) is 5.83 Å². The van der Waals surface area contributed by atoms with Crippen LogP contribution >= 0.6 is 0 Å². The van der Waals surface area contributed by atoms with E-state index in [0.717, 1.165) is 42.3 Å². The number of hydrogen-bond donors (Lipinski definition) is 1. The van der Waals surface area contributed by atoms with Crippen molar-refractivity contribution in [3.8, 4) is 0 Å². The molecule has 0 amide bonds. The molecule has 1 aromatic carbocycles. The first-order valence-corrected chi connectivity index (χ1v) is 9.42. The molecule has 27 heavy (non-hydrogen) atoms. The predicted molar refractivity (Wildman–Crippen MR) is 109 cm³/mol. The van der Waals surface area contributed by atoms with Gasteiger partial charge in [0.1, 0.15) is 0 Å². The molecule has 1 atom stereocenters. The lowest BCUT2D eigenvalue weighted by Crippen LogP contribution is -2.49. The van der Waals surface area contributed by atoms with Gasteiger partial charge in [-0.1, -0.05) is 12.1 Å². The number of rotatable bonds is 3. The van der Waals surface area contributed by atoms with Crippen LogP contribution in [0.5, 0.6) is 0 Å². The summed E-state index contributed by atoms with van der Waals surface area (Å²) in [4.78, 5) is 10.8. The van der Waals surface area contributed by atoms with Crippen LogP contribution in [0.15, 0.2) is 59.1 Å².